The minimum atomic E-state index is -0.906. The second-order valence-electron chi connectivity index (χ2n) is 5.58. The Balaban J connectivity index is 1.93. The molecule has 0 spiro atoms. The van der Waals surface area contributed by atoms with Crippen LogP contribution in [0.15, 0.2) is 36.4 Å². The van der Waals surface area contributed by atoms with Crippen molar-refractivity contribution in [1.29, 1.82) is 0 Å². The van der Waals surface area contributed by atoms with Gasteiger partial charge >= 0.3 is 11.9 Å². The van der Waals surface area contributed by atoms with Crippen molar-refractivity contribution in [3.8, 4) is 0 Å². The lowest BCUT2D eigenvalue weighted by Gasteiger charge is -2.18. The number of aromatic carboxylic acids is 2. The van der Waals surface area contributed by atoms with Gasteiger partial charge in [-0.3, -0.25) is 0 Å². The maximum Gasteiger partial charge on any atom is 0.335 e. The fourth-order valence-corrected chi connectivity index (χ4v) is 3.01. The van der Waals surface area contributed by atoms with Crippen LogP contribution in [0.5, 0.6) is 0 Å². The van der Waals surface area contributed by atoms with Crippen molar-refractivity contribution in [3.63, 3.8) is 0 Å². The third-order valence-corrected chi connectivity index (χ3v) is 4.23. The molecule has 0 bridgehead atoms. The van der Waals surface area contributed by atoms with Gasteiger partial charge in [-0.05, 0) is 72.2 Å². The Morgan fingerprint density at radius 3 is 1.36 bits per heavy atom. The number of benzene rings is 2. The summed E-state index contributed by atoms with van der Waals surface area (Å²) in [6.07, 6.45) is 3.14. The maximum absolute atomic E-state index is 11.1. The fraction of sp³-hybridized carbons (Fsp3) is 0.222. The SMILES string of the molecule is O=C(O)c1ccc2c(c1)CCc1ccc(C(=O)O)cc1CC2. The summed E-state index contributed by atoms with van der Waals surface area (Å²) < 4.78 is 0. The second kappa shape index (κ2) is 5.64. The first kappa shape index (κ1) is 14.3. The summed E-state index contributed by atoms with van der Waals surface area (Å²) in [5.74, 6) is -1.81. The van der Waals surface area contributed by atoms with Gasteiger partial charge in [-0.1, -0.05) is 12.1 Å². The van der Waals surface area contributed by atoms with Gasteiger partial charge in [0, 0.05) is 0 Å². The topological polar surface area (TPSA) is 74.6 Å². The number of hydrogen-bond acceptors (Lipinski definition) is 2. The summed E-state index contributed by atoms with van der Waals surface area (Å²) in [5, 5.41) is 18.2. The standard InChI is InChI=1S/C18H16O4/c19-17(20)15-7-3-11-1-5-13-9-16(18(21)22)8-4-12(13)2-6-14(11)10-15/h3-4,7-10H,1-2,5-6H2,(H,19,20)(H,21,22). The monoisotopic (exact) mass is 296 g/mol. The molecular weight excluding hydrogens is 280 g/mol. The first-order valence-corrected chi connectivity index (χ1v) is 7.25. The summed E-state index contributed by atoms with van der Waals surface area (Å²) >= 11 is 0. The normalized spacial score (nSPS) is 13.5. The van der Waals surface area contributed by atoms with E-state index in [0.29, 0.717) is 11.1 Å². The molecule has 0 saturated heterocycles. The molecule has 4 nitrogen and oxygen atoms in total. The summed E-state index contributed by atoms with van der Waals surface area (Å²) in [5.41, 5.74) is 5.09. The Hall–Kier alpha value is -2.62. The first-order chi connectivity index (χ1) is 10.5. The van der Waals surface area contributed by atoms with E-state index in [1.165, 1.54) is 0 Å². The summed E-state index contributed by atoms with van der Waals surface area (Å²) in [6, 6.07) is 10.5. The van der Waals surface area contributed by atoms with E-state index in [1.54, 1.807) is 24.3 Å². The molecule has 3 rings (SSSR count). The maximum atomic E-state index is 11.1. The highest BCUT2D eigenvalue weighted by Gasteiger charge is 2.15. The molecule has 0 radical (unpaired) electrons. The molecule has 2 N–H and O–H groups in total. The number of carboxylic acids is 2. The lowest BCUT2D eigenvalue weighted by atomic mass is 9.87. The highest BCUT2D eigenvalue weighted by Crippen LogP contribution is 2.24. The summed E-state index contributed by atoms with van der Waals surface area (Å²) in [4.78, 5) is 22.2. The average Bonchev–Trinajstić information content (AvgIpc) is 2.48. The molecule has 4 heteroatoms. The van der Waals surface area contributed by atoms with Gasteiger partial charge in [0.2, 0.25) is 0 Å². The van der Waals surface area contributed by atoms with Gasteiger partial charge in [0.1, 0.15) is 0 Å². The fourth-order valence-electron chi connectivity index (χ4n) is 3.01. The summed E-state index contributed by atoms with van der Waals surface area (Å²) in [7, 11) is 0. The molecule has 0 unspecified atom stereocenters. The van der Waals surface area contributed by atoms with Crippen LogP contribution in [0.25, 0.3) is 0 Å². The van der Waals surface area contributed by atoms with Gasteiger partial charge in [-0.15, -0.1) is 0 Å². The number of carboxylic acid groups (broad SMARTS) is 2. The molecule has 0 heterocycles. The largest absolute Gasteiger partial charge is 0.478 e. The number of hydrogen-bond donors (Lipinski definition) is 2. The predicted octanol–water partition coefficient (Wildman–Crippen LogP) is 2.97. The van der Waals surface area contributed by atoms with Crippen molar-refractivity contribution >= 4 is 11.9 Å². The quantitative estimate of drug-likeness (QED) is 0.893. The van der Waals surface area contributed by atoms with E-state index in [-0.39, 0.29) is 0 Å². The third-order valence-electron chi connectivity index (χ3n) is 4.23. The van der Waals surface area contributed by atoms with Crippen LogP contribution >= 0.6 is 0 Å². The molecule has 0 aromatic heterocycles. The molecule has 22 heavy (non-hydrogen) atoms. The van der Waals surface area contributed by atoms with Crippen LogP contribution in [0, 0.1) is 0 Å². The zero-order valence-corrected chi connectivity index (χ0v) is 12.0. The van der Waals surface area contributed by atoms with Gasteiger partial charge in [0.05, 0.1) is 11.1 Å². The van der Waals surface area contributed by atoms with Crippen LogP contribution in [0.3, 0.4) is 0 Å². The van der Waals surface area contributed by atoms with E-state index >= 15 is 0 Å². The lowest BCUT2D eigenvalue weighted by Crippen LogP contribution is -2.09. The Labute approximate surface area is 128 Å². The lowest BCUT2D eigenvalue weighted by molar-refractivity contribution is 0.0686. The van der Waals surface area contributed by atoms with E-state index in [0.717, 1.165) is 47.9 Å². The number of fused-ring (bicyclic) bond motifs is 2. The molecule has 0 saturated carbocycles. The van der Waals surface area contributed by atoms with Crippen molar-refractivity contribution in [2.75, 3.05) is 0 Å². The Morgan fingerprint density at radius 2 is 1.00 bits per heavy atom. The molecule has 2 aromatic rings. The molecule has 0 fully saturated rings. The zero-order chi connectivity index (χ0) is 15.7. The van der Waals surface area contributed by atoms with E-state index in [2.05, 4.69) is 0 Å². The molecule has 112 valence electrons. The van der Waals surface area contributed by atoms with Crippen LogP contribution < -0.4 is 0 Å². The van der Waals surface area contributed by atoms with Crippen LogP contribution in [0.2, 0.25) is 0 Å². The van der Waals surface area contributed by atoms with Crippen LogP contribution in [-0.4, -0.2) is 22.2 Å². The van der Waals surface area contributed by atoms with Crippen molar-refractivity contribution in [1.82, 2.24) is 0 Å². The minimum Gasteiger partial charge on any atom is -0.478 e. The van der Waals surface area contributed by atoms with Gasteiger partial charge in [0.15, 0.2) is 0 Å². The highest BCUT2D eigenvalue weighted by molar-refractivity contribution is 5.88. The first-order valence-electron chi connectivity index (χ1n) is 7.25. The Bertz CT molecular complexity index is 696. The zero-order valence-electron chi connectivity index (χ0n) is 12.0. The van der Waals surface area contributed by atoms with Crippen molar-refractivity contribution in [2.45, 2.75) is 25.7 Å². The predicted molar refractivity (Wildman–Crippen MR) is 81.6 cm³/mol. The van der Waals surface area contributed by atoms with Crippen LogP contribution in [0.1, 0.15) is 43.0 Å². The molecule has 2 aromatic carbocycles. The van der Waals surface area contributed by atoms with Crippen molar-refractivity contribution in [3.05, 3.63) is 69.8 Å². The number of rotatable bonds is 2. The van der Waals surface area contributed by atoms with Crippen LogP contribution in [-0.2, 0) is 25.7 Å². The van der Waals surface area contributed by atoms with Crippen molar-refractivity contribution in [2.24, 2.45) is 0 Å². The molecular formula is C18H16O4. The van der Waals surface area contributed by atoms with Crippen molar-refractivity contribution < 1.29 is 19.8 Å². The van der Waals surface area contributed by atoms with Gasteiger partial charge in [-0.2, -0.15) is 0 Å². The highest BCUT2D eigenvalue weighted by atomic mass is 16.4. The van der Waals surface area contributed by atoms with Gasteiger partial charge < -0.3 is 10.2 Å². The molecule has 1 aliphatic carbocycles. The van der Waals surface area contributed by atoms with Crippen LogP contribution in [0.4, 0.5) is 0 Å². The molecule has 0 amide bonds. The van der Waals surface area contributed by atoms with E-state index in [4.69, 9.17) is 10.2 Å². The minimum absolute atomic E-state index is 0.320. The van der Waals surface area contributed by atoms with Gasteiger partial charge in [-0.25, -0.2) is 9.59 Å². The second-order valence-corrected chi connectivity index (χ2v) is 5.58. The smallest absolute Gasteiger partial charge is 0.335 e. The molecule has 0 aliphatic heterocycles. The Morgan fingerprint density at radius 1 is 0.636 bits per heavy atom. The molecule has 0 atom stereocenters. The van der Waals surface area contributed by atoms with E-state index in [9.17, 15) is 9.59 Å². The van der Waals surface area contributed by atoms with E-state index in [1.807, 2.05) is 12.1 Å². The number of carbonyl (C=O) groups is 2. The summed E-state index contributed by atoms with van der Waals surface area (Å²) in [6.45, 7) is 0. The Kier molecular flexibility index (Phi) is 3.67. The average molecular weight is 296 g/mol. The van der Waals surface area contributed by atoms with E-state index < -0.39 is 11.9 Å². The third kappa shape index (κ3) is 2.72. The van der Waals surface area contributed by atoms with Gasteiger partial charge in [0.25, 0.3) is 0 Å². The molecule has 1 aliphatic rings. The number of aryl methyl sites for hydroxylation is 4.